The zero-order valence-electron chi connectivity index (χ0n) is 32.4. The summed E-state index contributed by atoms with van der Waals surface area (Å²) >= 11 is 6.60. The predicted molar refractivity (Wildman–Crippen MR) is 216 cm³/mol. The number of fused-ring (bicyclic) bond motifs is 4. The van der Waals surface area contributed by atoms with Gasteiger partial charge in [-0.2, -0.15) is 10.1 Å². The van der Waals surface area contributed by atoms with Gasteiger partial charge in [0.25, 0.3) is 5.56 Å². The van der Waals surface area contributed by atoms with Crippen molar-refractivity contribution in [2.24, 2.45) is 25.4 Å². The number of benzene rings is 2. The predicted octanol–water partition coefficient (Wildman–Crippen LogP) is 6.35. The lowest BCUT2D eigenvalue weighted by Gasteiger charge is -2.53. The van der Waals surface area contributed by atoms with E-state index in [1.807, 2.05) is 0 Å². The summed E-state index contributed by atoms with van der Waals surface area (Å²) in [5.74, 6) is -4.24. The maximum Gasteiger partial charge on any atom is 0.301 e. The van der Waals surface area contributed by atoms with Crippen LogP contribution >= 0.6 is 11.6 Å². The molecule has 4 N–H and O–H groups in total. The zero-order chi connectivity index (χ0) is 41.0. The van der Waals surface area contributed by atoms with Gasteiger partial charge in [0.05, 0.1) is 46.3 Å². The lowest BCUT2D eigenvalue weighted by molar-refractivity contribution is -0.134. The number of carbonyl (C=O) groups is 2. The van der Waals surface area contributed by atoms with Gasteiger partial charge in [0.15, 0.2) is 12.4 Å². The van der Waals surface area contributed by atoms with Crippen LogP contribution in [0, 0.1) is 17.2 Å². The maximum atomic E-state index is 15.4. The molecule has 0 radical (unpaired) electrons. The molecule has 2 amide bonds. The first kappa shape index (κ1) is 37.7. The van der Waals surface area contributed by atoms with E-state index in [0.717, 1.165) is 38.8 Å². The monoisotopic (exact) mass is 830 g/mol. The minimum absolute atomic E-state index is 0.0310. The number of alkyl halides is 2. The normalized spacial score (nSPS) is 22.6. The highest BCUT2D eigenvalue weighted by atomic mass is 35.5. The number of hydrogen-bond donors (Lipinski definition) is 4. The Morgan fingerprint density at radius 2 is 1.78 bits per heavy atom. The van der Waals surface area contributed by atoms with Crippen LogP contribution in [0.4, 0.5) is 42.0 Å². The number of pyridine rings is 1. The fraction of sp³-hybridized carbons (Fsp3) is 0.463. The van der Waals surface area contributed by atoms with E-state index in [4.69, 9.17) is 21.3 Å². The van der Waals surface area contributed by atoms with Gasteiger partial charge in [0, 0.05) is 61.5 Å². The number of anilines is 5. The summed E-state index contributed by atoms with van der Waals surface area (Å²) in [4.78, 5) is 49.1. The quantitative estimate of drug-likeness (QED) is 0.135. The molecule has 4 fully saturated rings. The Bertz CT molecular complexity index is 2630. The van der Waals surface area contributed by atoms with E-state index < -0.39 is 35.9 Å². The molecule has 10 rings (SSSR count). The van der Waals surface area contributed by atoms with Gasteiger partial charge in [-0.05, 0) is 81.2 Å². The Morgan fingerprint density at radius 1 is 1.00 bits per heavy atom. The van der Waals surface area contributed by atoms with Gasteiger partial charge in [0.1, 0.15) is 10.8 Å². The second-order valence-corrected chi connectivity index (χ2v) is 17.3. The van der Waals surface area contributed by atoms with E-state index in [-0.39, 0.29) is 47.0 Å². The van der Waals surface area contributed by atoms with Gasteiger partial charge in [-0.3, -0.25) is 24.4 Å². The Morgan fingerprint density at radius 3 is 2.53 bits per heavy atom. The molecule has 5 aliphatic rings. The average Bonchev–Trinajstić information content (AvgIpc) is 4.00. The van der Waals surface area contributed by atoms with Crippen LogP contribution in [0.2, 0.25) is 5.02 Å². The van der Waals surface area contributed by atoms with Crippen LogP contribution in [-0.2, 0) is 23.7 Å². The topological polar surface area (TPSA) is 160 Å². The van der Waals surface area contributed by atoms with E-state index in [1.54, 1.807) is 49.2 Å². The van der Waals surface area contributed by atoms with Crippen molar-refractivity contribution in [3.63, 3.8) is 0 Å². The molecule has 0 bridgehead atoms. The van der Waals surface area contributed by atoms with Gasteiger partial charge in [-0.25, -0.2) is 18.2 Å². The number of rotatable bonds is 7. The number of nitrogens with zero attached hydrogens (tertiary/aromatic N) is 6. The summed E-state index contributed by atoms with van der Waals surface area (Å²) in [5, 5.41) is 18.3. The summed E-state index contributed by atoms with van der Waals surface area (Å²) in [5.41, 5.74) is 2.45. The van der Waals surface area contributed by atoms with Gasteiger partial charge in [0.2, 0.25) is 23.5 Å². The number of carbonyl (C=O) groups excluding carboxylic acids is 2. The third-order valence-corrected chi connectivity index (χ3v) is 13.2. The van der Waals surface area contributed by atoms with Crippen LogP contribution in [0.5, 0.6) is 5.75 Å². The number of halogens is 4. The number of piperidine rings is 1. The third kappa shape index (κ3) is 6.48. The highest BCUT2D eigenvalue weighted by Crippen LogP contribution is 2.48. The van der Waals surface area contributed by atoms with E-state index in [9.17, 15) is 14.4 Å². The van der Waals surface area contributed by atoms with Crippen LogP contribution in [-0.4, -0.2) is 73.8 Å². The number of aromatic nitrogens is 5. The van der Waals surface area contributed by atoms with Crippen molar-refractivity contribution in [2.45, 2.75) is 75.3 Å². The van der Waals surface area contributed by atoms with Crippen molar-refractivity contribution in [1.29, 1.82) is 0 Å². The number of imide groups is 1. The molecule has 18 heteroatoms. The molecule has 3 aliphatic heterocycles. The lowest BCUT2D eigenvalue weighted by atomic mass is 9.67. The minimum atomic E-state index is -3.15. The van der Waals surface area contributed by atoms with Crippen molar-refractivity contribution in [1.82, 2.24) is 29.6 Å². The number of ether oxygens (including phenoxy) is 1. The van der Waals surface area contributed by atoms with Crippen molar-refractivity contribution in [2.75, 3.05) is 40.5 Å². The zero-order valence-corrected chi connectivity index (χ0v) is 33.1. The summed E-state index contributed by atoms with van der Waals surface area (Å²) in [6, 6.07) is 7.25. The molecule has 2 aromatic carbocycles. The summed E-state index contributed by atoms with van der Waals surface area (Å²) in [6.07, 6.45) is 6.99. The van der Waals surface area contributed by atoms with Gasteiger partial charge in [-0.15, -0.1) is 0 Å². The molecule has 5 aromatic rings. The van der Waals surface area contributed by atoms with E-state index >= 15 is 13.2 Å². The molecule has 6 heterocycles. The average molecular weight is 831 g/mol. The van der Waals surface area contributed by atoms with Crippen LogP contribution in [0.1, 0.15) is 63.0 Å². The molecular formula is C41H42ClF3N10O4. The van der Waals surface area contributed by atoms with Crippen molar-refractivity contribution >= 4 is 74.0 Å². The van der Waals surface area contributed by atoms with Crippen molar-refractivity contribution in [3.05, 3.63) is 63.4 Å². The first-order valence-electron chi connectivity index (χ1n) is 20.0. The molecule has 3 aromatic heterocycles. The van der Waals surface area contributed by atoms with Crippen molar-refractivity contribution < 1.29 is 27.5 Å². The van der Waals surface area contributed by atoms with E-state index in [1.165, 1.54) is 10.6 Å². The molecule has 1 spiro atoms. The summed E-state index contributed by atoms with van der Waals surface area (Å²) in [6.45, 7) is 0.619. The van der Waals surface area contributed by atoms with E-state index in [0.29, 0.717) is 74.9 Å². The Balaban J connectivity index is 0.825. The maximum absolute atomic E-state index is 15.4. The van der Waals surface area contributed by atoms with Crippen LogP contribution in [0.15, 0.2) is 41.3 Å². The Labute approximate surface area is 340 Å². The highest BCUT2D eigenvalue weighted by molar-refractivity contribution is 6.33. The minimum Gasteiger partial charge on any atom is -0.480 e. The Hall–Kier alpha value is -5.58. The smallest absolute Gasteiger partial charge is 0.301 e. The molecule has 59 heavy (non-hydrogen) atoms. The molecule has 308 valence electrons. The second-order valence-electron chi connectivity index (χ2n) is 16.9. The lowest BCUT2D eigenvalue weighted by Crippen LogP contribution is -2.59. The second kappa shape index (κ2) is 13.7. The molecule has 2 aliphatic carbocycles. The summed E-state index contributed by atoms with van der Waals surface area (Å²) < 4.78 is 54.2. The largest absolute Gasteiger partial charge is 0.480 e. The third-order valence-electron chi connectivity index (χ3n) is 12.9. The fourth-order valence-electron chi connectivity index (χ4n) is 9.54. The Kier molecular flexibility index (Phi) is 8.78. The summed E-state index contributed by atoms with van der Waals surface area (Å²) in [7, 11) is 3.33. The van der Waals surface area contributed by atoms with Gasteiger partial charge < -0.3 is 30.2 Å². The van der Waals surface area contributed by atoms with Crippen molar-refractivity contribution in [3.8, 4) is 5.75 Å². The van der Waals surface area contributed by atoms with Crippen LogP contribution in [0.25, 0.3) is 21.8 Å². The number of aryl methyl sites for hydroxylation is 2. The first-order chi connectivity index (χ1) is 28.3. The molecule has 2 atom stereocenters. The molecule has 2 saturated heterocycles. The number of amides is 2. The molecule has 2 saturated carbocycles. The molecule has 14 nitrogen and oxygen atoms in total. The van der Waals surface area contributed by atoms with E-state index in [2.05, 4.69) is 36.2 Å². The molecular weight excluding hydrogens is 789 g/mol. The molecule has 1 unspecified atom stereocenters. The highest BCUT2D eigenvalue weighted by Gasteiger charge is 2.51. The van der Waals surface area contributed by atoms with Gasteiger partial charge >= 0.3 is 5.92 Å². The number of nitrogens with one attached hydrogen (secondary N) is 4. The fourth-order valence-corrected chi connectivity index (χ4v) is 9.68. The number of hydrogen-bond acceptors (Lipinski definition) is 11. The van der Waals surface area contributed by atoms with Crippen LogP contribution < -0.4 is 36.5 Å². The van der Waals surface area contributed by atoms with Crippen LogP contribution in [0.3, 0.4) is 0 Å². The SMILES string of the molecule is Cn1nc(C2CCC(=O)NC2=O)c2ccc(F)c(NC3CCC4(CC3)CN(c3ncc(Cl)c(Nc5ccc6c(c5)c5c(c(=O)n6C)OCC(F)(F)[C@H](C6CC6)N5)n3)C4)c21. The van der Waals surface area contributed by atoms with Gasteiger partial charge in [-0.1, -0.05) is 11.6 Å². The first-order valence-corrected chi connectivity index (χ1v) is 20.4. The standard InChI is InChI=1S/C41H42ClF3N10O4/c1-53-28-9-5-22(15-25(28)31-34(38(53)58)59-19-41(44,45)35(50-31)20-3-4-20)48-36-26(42)16-46-39(51-36)55-17-40(18-55)13-11-21(12-14-40)47-32-27(43)8-6-23-30(52-54(2)33(23)32)24-7-10-29(56)49-37(24)57/h5-6,8-9,15-16,20-21,24,35,47,50H,3-4,7,10-14,17-19H2,1-2H3,(H,46,48,51)(H,49,56,57)/t24?,35-/m0/s1.